The number of ether oxygens (including phenoxy) is 1. The normalized spacial score (nSPS) is 16.9. The van der Waals surface area contributed by atoms with Crippen LogP contribution in [0.15, 0.2) is 12.7 Å². The van der Waals surface area contributed by atoms with Gasteiger partial charge in [-0.2, -0.15) is 0 Å². The summed E-state index contributed by atoms with van der Waals surface area (Å²) in [5.74, 6) is -2.27. The van der Waals surface area contributed by atoms with Crippen molar-refractivity contribution in [3.63, 3.8) is 0 Å². The first-order valence-corrected chi connectivity index (χ1v) is 3.85. The molecule has 0 aliphatic carbocycles. The summed E-state index contributed by atoms with van der Waals surface area (Å²) in [6.45, 7) is 6.06. The average Bonchev–Trinajstić information content (AvgIpc) is 2.13. The molecule has 0 aromatic rings. The van der Waals surface area contributed by atoms with Crippen LogP contribution in [0.2, 0.25) is 0 Å². The first-order valence-electron chi connectivity index (χ1n) is 3.85. The van der Waals surface area contributed by atoms with E-state index in [0.717, 1.165) is 14.0 Å². The van der Waals surface area contributed by atoms with Gasteiger partial charge in [0.1, 0.15) is 0 Å². The lowest BCUT2D eigenvalue weighted by atomic mass is 9.85. The van der Waals surface area contributed by atoms with Crippen LogP contribution >= 0.6 is 0 Å². The summed E-state index contributed by atoms with van der Waals surface area (Å²) in [5, 5.41) is 9.73. The van der Waals surface area contributed by atoms with Gasteiger partial charge in [0.15, 0.2) is 5.78 Å². The number of carbonyl (C=O) groups is 2. The molecule has 0 radical (unpaired) electrons. The molecule has 0 rings (SSSR count). The maximum absolute atomic E-state index is 11.1. The van der Waals surface area contributed by atoms with E-state index in [1.54, 1.807) is 0 Å². The van der Waals surface area contributed by atoms with Crippen molar-refractivity contribution in [2.75, 3.05) is 7.11 Å². The van der Waals surface area contributed by atoms with Crippen molar-refractivity contribution in [3.05, 3.63) is 12.7 Å². The van der Waals surface area contributed by atoms with E-state index in [-0.39, 0.29) is 0 Å². The number of hydrogen-bond acceptors (Lipinski definition) is 4. The number of aliphatic hydroxyl groups is 1. The molecule has 0 saturated carbocycles. The minimum atomic E-state index is -2.10. The number of Topliss-reactive ketones (excluding diaryl/α,β-unsaturated/α-hetero) is 1. The summed E-state index contributed by atoms with van der Waals surface area (Å²) < 4.78 is 4.34. The number of hydrogen-bond donors (Lipinski definition) is 1. The zero-order valence-electron chi connectivity index (χ0n) is 8.03. The Kier molecular flexibility index (Phi) is 3.81. The Morgan fingerprint density at radius 2 is 2.08 bits per heavy atom. The number of methoxy groups -OCH3 is 1. The van der Waals surface area contributed by atoms with Gasteiger partial charge in [0.05, 0.1) is 7.11 Å². The zero-order chi connectivity index (χ0) is 10.6. The molecule has 0 unspecified atom stereocenters. The van der Waals surface area contributed by atoms with Crippen molar-refractivity contribution in [1.82, 2.24) is 0 Å². The van der Waals surface area contributed by atoms with Crippen LogP contribution in [0.4, 0.5) is 0 Å². The number of esters is 1. The maximum Gasteiger partial charge on any atom is 0.346 e. The second-order valence-corrected chi connectivity index (χ2v) is 2.84. The molecule has 0 heterocycles. The summed E-state index contributed by atoms with van der Waals surface area (Å²) >= 11 is 0. The third-order valence-electron chi connectivity index (χ3n) is 2.05. The van der Waals surface area contributed by atoms with Gasteiger partial charge in [-0.05, 0) is 6.92 Å². The van der Waals surface area contributed by atoms with Gasteiger partial charge >= 0.3 is 5.97 Å². The monoisotopic (exact) mass is 186 g/mol. The molecule has 0 aromatic heterocycles. The molecule has 0 saturated heterocycles. The van der Waals surface area contributed by atoms with Crippen LogP contribution in [-0.4, -0.2) is 29.6 Å². The lowest BCUT2D eigenvalue weighted by Crippen LogP contribution is -2.50. The van der Waals surface area contributed by atoms with Crippen LogP contribution in [-0.2, 0) is 14.3 Å². The van der Waals surface area contributed by atoms with Crippen molar-refractivity contribution in [2.45, 2.75) is 19.4 Å². The Morgan fingerprint density at radius 3 is 2.31 bits per heavy atom. The van der Waals surface area contributed by atoms with E-state index in [4.69, 9.17) is 0 Å². The highest BCUT2D eigenvalue weighted by Gasteiger charge is 2.46. The molecule has 0 bridgehead atoms. The average molecular weight is 186 g/mol. The van der Waals surface area contributed by atoms with E-state index in [9.17, 15) is 14.7 Å². The number of ketones is 1. The fraction of sp³-hybridized carbons (Fsp3) is 0.556. The van der Waals surface area contributed by atoms with Gasteiger partial charge in [0.25, 0.3) is 0 Å². The first-order chi connectivity index (χ1) is 5.91. The molecule has 1 N–H and O–H groups in total. The topological polar surface area (TPSA) is 63.6 Å². The molecule has 0 aliphatic rings. The highest BCUT2D eigenvalue weighted by molar-refractivity contribution is 6.06. The van der Waals surface area contributed by atoms with Gasteiger partial charge < -0.3 is 9.84 Å². The highest BCUT2D eigenvalue weighted by Crippen LogP contribution is 2.21. The van der Waals surface area contributed by atoms with Crippen molar-refractivity contribution in [3.8, 4) is 0 Å². The maximum atomic E-state index is 11.1. The van der Waals surface area contributed by atoms with Crippen LogP contribution in [0, 0.1) is 5.92 Å². The molecule has 74 valence electrons. The predicted octanol–water partition coefficient (Wildman–Crippen LogP) is 0.302. The summed E-state index contributed by atoms with van der Waals surface area (Å²) in [4.78, 5) is 22.2. The van der Waals surface area contributed by atoms with Gasteiger partial charge in [0, 0.05) is 5.92 Å². The van der Waals surface area contributed by atoms with Crippen LogP contribution in [0.1, 0.15) is 13.8 Å². The standard InChI is InChI=1S/C9H14O4/c1-5-6(2)9(12,7(3)10)8(11)13-4/h5-6,12H,1H2,2-4H3/t6-,9+/m1/s1. The SMILES string of the molecule is C=C[C@@H](C)[C@](O)(C(C)=O)C(=O)OC. The van der Waals surface area contributed by atoms with Gasteiger partial charge in [-0.1, -0.05) is 13.0 Å². The van der Waals surface area contributed by atoms with Crippen molar-refractivity contribution in [1.29, 1.82) is 0 Å². The first kappa shape index (κ1) is 11.8. The Balaban J connectivity index is 5.05. The Morgan fingerprint density at radius 1 is 1.62 bits per heavy atom. The van der Waals surface area contributed by atoms with Gasteiger partial charge in [-0.3, -0.25) is 4.79 Å². The molecule has 13 heavy (non-hydrogen) atoms. The van der Waals surface area contributed by atoms with E-state index in [2.05, 4.69) is 11.3 Å². The molecule has 0 fully saturated rings. The molecule has 4 nitrogen and oxygen atoms in total. The molecule has 0 amide bonds. The molecular formula is C9H14O4. The Hall–Kier alpha value is -1.16. The largest absolute Gasteiger partial charge is 0.467 e. The van der Waals surface area contributed by atoms with Crippen molar-refractivity contribution < 1.29 is 19.4 Å². The second-order valence-electron chi connectivity index (χ2n) is 2.84. The van der Waals surface area contributed by atoms with Crippen LogP contribution in [0.25, 0.3) is 0 Å². The van der Waals surface area contributed by atoms with E-state index in [0.29, 0.717) is 0 Å². The Bertz CT molecular complexity index is 234. The smallest absolute Gasteiger partial charge is 0.346 e. The van der Waals surface area contributed by atoms with E-state index < -0.39 is 23.3 Å². The highest BCUT2D eigenvalue weighted by atomic mass is 16.5. The number of carbonyl (C=O) groups excluding carboxylic acids is 2. The molecular weight excluding hydrogens is 172 g/mol. The lowest BCUT2D eigenvalue weighted by molar-refractivity contribution is -0.171. The van der Waals surface area contributed by atoms with E-state index in [1.807, 2.05) is 0 Å². The molecule has 2 atom stereocenters. The second kappa shape index (κ2) is 4.18. The van der Waals surface area contributed by atoms with Gasteiger partial charge in [-0.25, -0.2) is 4.79 Å². The molecule has 0 spiro atoms. The van der Waals surface area contributed by atoms with Crippen LogP contribution < -0.4 is 0 Å². The summed E-state index contributed by atoms with van der Waals surface area (Å²) in [6, 6.07) is 0. The molecule has 0 aliphatic heterocycles. The third kappa shape index (κ3) is 1.95. The third-order valence-corrected chi connectivity index (χ3v) is 2.05. The van der Waals surface area contributed by atoms with Crippen LogP contribution in [0.5, 0.6) is 0 Å². The van der Waals surface area contributed by atoms with Crippen LogP contribution in [0.3, 0.4) is 0 Å². The lowest BCUT2D eigenvalue weighted by Gasteiger charge is -2.26. The minimum absolute atomic E-state index is 0.647. The fourth-order valence-corrected chi connectivity index (χ4v) is 0.976. The van der Waals surface area contributed by atoms with Gasteiger partial charge in [-0.15, -0.1) is 6.58 Å². The summed E-state index contributed by atoms with van der Waals surface area (Å²) in [5.41, 5.74) is -2.10. The minimum Gasteiger partial charge on any atom is -0.467 e. The molecule has 0 aromatic carbocycles. The van der Waals surface area contributed by atoms with E-state index in [1.165, 1.54) is 13.0 Å². The van der Waals surface area contributed by atoms with Gasteiger partial charge in [0.2, 0.25) is 5.60 Å². The predicted molar refractivity (Wildman–Crippen MR) is 47.0 cm³/mol. The van der Waals surface area contributed by atoms with Crippen molar-refractivity contribution in [2.24, 2.45) is 5.92 Å². The summed E-state index contributed by atoms with van der Waals surface area (Å²) in [6.07, 6.45) is 1.33. The summed E-state index contributed by atoms with van der Waals surface area (Å²) in [7, 11) is 1.12. The number of rotatable bonds is 4. The fourth-order valence-electron chi connectivity index (χ4n) is 0.976. The zero-order valence-corrected chi connectivity index (χ0v) is 8.03. The van der Waals surface area contributed by atoms with E-state index >= 15 is 0 Å². The Labute approximate surface area is 77.2 Å². The van der Waals surface area contributed by atoms with Crippen molar-refractivity contribution >= 4 is 11.8 Å². The quantitative estimate of drug-likeness (QED) is 0.389. The molecule has 4 heteroatoms.